The minimum Gasteiger partial charge on any atom is -0.392 e. The van der Waals surface area contributed by atoms with Gasteiger partial charge in [0, 0.05) is 29.5 Å². The van der Waals surface area contributed by atoms with Crippen molar-refractivity contribution in [2.75, 3.05) is 17.2 Å². The number of hydrogen-bond donors (Lipinski definition) is 1. The van der Waals surface area contributed by atoms with Crippen molar-refractivity contribution < 1.29 is 22.2 Å². The molecule has 5 nitrogen and oxygen atoms in total. The summed E-state index contributed by atoms with van der Waals surface area (Å²) in [5, 5.41) is 9.67. The number of benzene rings is 1. The number of rotatable bonds is 4. The largest absolute Gasteiger partial charge is 0.392 e. The fraction of sp³-hybridized carbons (Fsp3) is 0.417. The van der Waals surface area contributed by atoms with Crippen LogP contribution < -0.4 is 4.90 Å². The molecule has 2 rings (SSSR count). The molecule has 20 heavy (non-hydrogen) atoms. The van der Waals surface area contributed by atoms with Crippen molar-refractivity contribution in [3.05, 3.63) is 28.8 Å². The van der Waals surface area contributed by atoms with Gasteiger partial charge in [0.2, 0.25) is 5.91 Å². The van der Waals surface area contributed by atoms with E-state index in [9.17, 15) is 22.2 Å². The Kier molecular flexibility index (Phi) is 4.31. The highest BCUT2D eigenvalue weighted by Gasteiger charge is 2.34. The molecule has 1 unspecified atom stereocenters. The Morgan fingerprint density at radius 3 is 2.75 bits per heavy atom. The van der Waals surface area contributed by atoms with Gasteiger partial charge in [-0.15, -0.1) is 3.89 Å². The van der Waals surface area contributed by atoms with Gasteiger partial charge in [-0.25, -0.2) is 0 Å². The van der Waals surface area contributed by atoms with Crippen molar-refractivity contribution in [1.82, 2.24) is 0 Å². The summed E-state index contributed by atoms with van der Waals surface area (Å²) in [4.78, 5) is 13.3. The number of aliphatic hydroxyl groups is 1. The van der Waals surface area contributed by atoms with Crippen molar-refractivity contribution in [1.29, 1.82) is 0 Å². The van der Waals surface area contributed by atoms with E-state index in [0.717, 1.165) is 0 Å². The Labute approximate surface area is 121 Å². The van der Waals surface area contributed by atoms with Crippen LogP contribution in [0.25, 0.3) is 0 Å². The van der Waals surface area contributed by atoms with Gasteiger partial charge in [0.25, 0.3) is 0 Å². The average molecular weight is 322 g/mol. The van der Waals surface area contributed by atoms with Gasteiger partial charge in [-0.3, -0.25) is 4.79 Å². The molecule has 0 radical (unpaired) electrons. The molecular formula is C12H13ClFNO4S. The maximum atomic E-state index is 12.7. The van der Waals surface area contributed by atoms with E-state index in [2.05, 4.69) is 0 Å². The van der Waals surface area contributed by atoms with Gasteiger partial charge in [0.05, 0.1) is 18.0 Å². The minimum absolute atomic E-state index is 0.0411. The summed E-state index contributed by atoms with van der Waals surface area (Å²) in [6.45, 7) is -0.183. The molecule has 1 aromatic carbocycles. The smallest absolute Gasteiger partial charge is 0.302 e. The van der Waals surface area contributed by atoms with Crippen LogP contribution in [0.2, 0.25) is 5.02 Å². The monoisotopic (exact) mass is 321 g/mol. The third-order valence-electron chi connectivity index (χ3n) is 3.15. The first-order chi connectivity index (χ1) is 9.30. The van der Waals surface area contributed by atoms with E-state index in [1.807, 2.05) is 0 Å². The number of halogens is 2. The minimum atomic E-state index is -4.61. The lowest BCUT2D eigenvalue weighted by Crippen LogP contribution is -2.26. The van der Waals surface area contributed by atoms with E-state index in [1.54, 1.807) is 12.1 Å². The summed E-state index contributed by atoms with van der Waals surface area (Å²) in [5.41, 5.74) is 0.940. The van der Waals surface area contributed by atoms with Gasteiger partial charge in [-0.1, -0.05) is 17.7 Å². The van der Waals surface area contributed by atoms with Gasteiger partial charge >= 0.3 is 10.2 Å². The molecule has 1 aliphatic heterocycles. The molecule has 1 atom stereocenters. The maximum absolute atomic E-state index is 12.7. The molecule has 8 heteroatoms. The van der Waals surface area contributed by atoms with E-state index < -0.39 is 21.9 Å². The summed E-state index contributed by atoms with van der Waals surface area (Å²) >= 11 is 5.87. The molecule has 0 bridgehead atoms. The van der Waals surface area contributed by atoms with E-state index in [4.69, 9.17) is 11.6 Å². The predicted octanol–water partition coefficient (Wildman–Crippen LogP) is 1.48. The number of hydrogen-bond acceptors (Lipinski definition) is 4. The second-order valence-electron chi connectivity index (χ2n) is 4.71. The maximum Gasteiger partial charge on any atom is 0.302 e. The zero-order valence-corrected chi connectivity index (χ0v) is 12.0. The molecule has 0 spiro atoms. The number of anilines is 1. The molecule has 1 aliphatic rings. The molecule has 0 saturated carbocycles. The van der Waals surface area contributed by atoms with Gasteiger partial charge in [0.15, 0.2) is 0 Å². The SMILES string of the molecule is O=C1CC(CS(=O)(=O)F)CN1c1cc(Cl)ccc1CO. The number of amides is 1. The third kappa shape index (κ3) is 3.47. The van der Waals surface area contributed by atoms with Crippen LogP contribution in [-0.4, -0.2) is 31.7 Å². The zero-order chi connectivity index (χ0) is 14.9. The van der Waals surface area contributed by atoms with E-state index in [0.29, 0.717) is 16.3 Å². The Balaban J connectivity index is 2.26. The second kappa shape index (κ2) is 5.67. The topological polar surface area (TPSA) is 74.7 Å². The van der Waals surface area contributed by atoms with Crippen molar-refractivity contribution in [3.8, 4) is 0 Å². The molecule has 1 saturated heterocycles. The molecule has 1 heterocycles. The fourth-order valence-electron chi connectivity index (χ4n) is 2.33. The summed E-state index contributed by atoms with van der Waals surface area (Å²) in [5.74, 6) is -1.58. The molecule has 1 aromatic rings. The van der Waals surface area contributed by atoms with E-state index >= 15 is 0 Å². The first kappa shape index (κ1) is 15.2. The van der Waals surface area contributed by atoms with Gasteiger partial charge in [0.1, 0.15) is 0 Å². The quantitative estimate of drug-likeness (QED) is 0.852. The Morgan fingerprint density at radius 1 is 1.45 bits per heavy atom. The molecule has 110 valence electrons. The van der Waals surface area contributed by atoms with Crippen LogP contribution in [0.4, 0.5) is 9.57 Å². The number of carbonyl (C=O) groups is 1. The summed E-state index contributed by atoms with van der Waals surface area (Å²) in [6, 6.07) is 4.70. The Hall–Kier alpha value is -1.18. The molecule has 1 N–H and O–H groups in total. The molecule has 0 aliphatic carbocycles. The zero-order valence-electron chi connectivity index (χ0n) is 10.4. The van der Waals surface area contributed by atoms with E-state index in [-0.39, 0.29) is 25.5 Å². The van der Waals surface area contributed by atoms with Gasteiger partial charge < -0.3 is 10.0 Å². The van der Waals surface area contributed by atoms with Gasteiger partial charge in [-0.05, 0) is 12.1 Å². The first-order valence-electron chi connectivity index (χ1n) is 5.92. The number of carbonyl (C=O) groups excluding carboxylic acids is 1. The average Bonchev–Trinajstić information content (AvgIpc) is 2.67. The fourth-order valence-corrected chi connectivity index (χ4v) is 3.28. The van der Waals surface area contributed by atoms with Crippen LogP contribution in [0.1, 0.15) is 12.0 Å². The third-order valence-corrected chi connectivity index (χ3v) is 4.25. The summed E-state index contributed by atoms with van der Waals surface area (Å²) < 4.78 is 34.0. The molecule has 0 aromatic heterocycles. The lowest BCUT2D eigenvalue weighted by atomic mass is 10.1. The van der Waals surface area contributed by atoms with Crippen LogP contribution in [0.3, 0.4) is 0 Å². The van der Waals surface area contributed by atoms with Crippen LogP contribution in [0.15, 0.2) is 18.2 Å². The highest BCUT2D eigenvalue weighted by molar-refractivity contribution is 7.86. The Bertz CT molecular complexity index is 634. The molecular weight excluding hydrogens is 309 g/mol. The van der Waals surface area contributed by atoms with Crippen molar-refractivity contribution in [2.24, 2.45) is 5.92 Å². The normalized spacial score (nSPS) is 19.6. The van der Waals surface area contributed by atoms with Crippen LogP contribution >= 0.6 is 11.6 Å². The van der Waals surface area contributed by atoms with E-state index in [1.165, 1.54) is 11.0 Å². The highest BCUT2D eigenvalue weighted by Crippen LogP contribution is 2.31. The summed E-state index contributed by atoms with van der Waals surface area (Å²) in [7, 11) is -4.61. The standard InChI is InChI=1S/C12H13ClFNO4S/c13-10-2-1-9(6-16)11(4-10)15-5-8(3-12(15)17)7-20(14,18)19/h1-2,4,8,16H,3,5-7H2. The lowest BCUT2D eigenvalue weighted by molar-refractivity contribution is -0.117. The van der Waals surface area contributed by atoms with Gasteiger partial charge in [-0.2, -0.15) is 8.42 Å². The van der Waals surface area contributed by atoms with Crippen LogP contribution in [-0.2, 0) is 21.6 Å². The molecule has 1 fully saturated rings. The predicted molar refractivity (Wildman–Crippen MR) is 72.7 cm³/mol. The number of aliphatic hydroxyl groups excluding tert-OH is 1. The van der Waals surface area contributed by atoms with Crippen molar-refractivity contribution >= 4 is 33.4 Å². The first-order valence-corrected chi connectivity index (χ1v) is 7.85. The second-order valence-corrected chi connectivity index (χ2v) is 6.56. The van der Waals surface area contributed by atoms with Crippen molar-refractivity contribution in [2.45, 2.75) is 13.0 Å². The summed E-state index contributed by atoms with van der Waals surface area (Å²) in [6.07, 6.45) is -0.0411. The molecule has 1 amide bonds. The highest BCUT2D eigenvalue weighted by atomic mass is 35.5. The number of nitrogens with zero attached hydrogens (tertiary/aromatic N) is 1. The van der Waals surface area contributed by atoms with Crippen LogP contribution in [0, 0.1) is 5.92 Å². The lowest BCUT2D eigenvalue weighted by Gasteiger charge is -2.20. The van der Waals surface area contributed by atoms with Crippen molar-refractivity contribution in [3.63, 3.8) is 0 Å². The Morgan fingerprint density at radius 2 is 2.15 bits per heavy atom. The van der Waals surface area contributed by atoms with Crippen LogP contribution in [0.5, 0.6) is 0 Å².